The molecule has 3 aromatic heterocycles. The Kier molecular flexibility index (Phi) is 4.04. The first-order valence-corrected chi connectivity index (χ1v) is 8.55. The summed E-state index contributed by atoms with van der Waals surface area (Å²) in [4.78, 5) is 19.1. The average Bonchev–Trinajstić information content (AvgIpc) is 3.34. The number of hydrogen-bond acceptors (Lipinski definition) is 5. The number of amides is 1. The van der Waals surface area contributed by atoms with Gasteiger partial charge >= 0.3 is 0 Å². The third-order valence-electron chi connectivity index (χ3n) is 5.00. The summed E-state index contributed by atoms with van der Waals surface area (Å²) in [6.45, 7) is 2.97. The lowest BCUT2D eigenvalue weighted by Crippen LogP contribution is -2.32. The fourth-order valence-electron chi connectivity index (χ4n) is 3.56. The largest absolute Gasteiger partial charge is 0.336 e. The molecule has 4 heterocycles. The fraction of sp³-hybridized carbons (Fsp3) is 0.333. The van der Waals surface area contributed by atoms with Crippen molar-refractivity contribution >= 4 is 5.91 Å². The molecule has 8 heteroatoms. The summed E-state index contributed by atoms with van der Waals surface area (Å²) in [6, 6.07) is 7.45. The molecule has 1 amide bonds. The Balaban J connectivity index is 1.58. The van der Waals surface area contributed by atoms with Crippen LogP contribution in [0.4, 0.5) is 0 Å². The number of carbonyl (C=O) groups is 1. The SMILES string of the molecule is Cc1c(C(=O)N2C[C@@H](N)[C@H](c3ccnn3C)C2)cnn1-c1ccccn1. The number of nitrogens with two attached hydrogens (primary N) is 1. The first kappa shape index (κ1) is 16.5. The summed E-state index contributed by atoms with van der Waals surface area (Å²) in [5.74, 6) is 0.720. The zero-order valence-electron chi connectivity index (χ0n) is 14.8. The van der Waals surface area contributed by atoms with Gasteiger partial charge < -0.3 is 10.6 Å². The molecular formula is C18H21N7O. The van der Waals surface area contributed by atoms with Crippen LogP contribution in [0.15, 0.2) is 42.9 Å². The number of aromatic nitrogens is 5. The molecular weight excluding hydrogens is 330 g/mol. The molecule has 1 saturated heterocycles. The number of carbonyl (C=O) groups excluding carboxylic acids is 1. The van der Waals surface area contributed by atoms with Gasteiger partial charge in [-0.3, -0.25) is 9.48 Å². The van der Waals surface area contributed by atoms with Gasteiger partial charge in [0.25, 0.3) is 5.91 Å². The highest BCUT2D eigenvalue weighted by Gasteiger charge is 2.36. The van der Waals surface area contributed by atoms with Crippen LogP contribution in [0.1, 0.15) is 27.7 Å². The average molecular weight is 351 g/mol. The highest BCUT2D eigenvalue weighted by atomic mass is 16.2. The first-order chi connectivity index (χ1) is 12.6. The number of pyridine rings is 1. The Bertz CT molecular complexity index is 930. The molecule has 134 valence electrons. The van der Waals surface area contributed by atoms with Crippen LogP contribution in [0.25, 0.3) is 5.82 Å². The topological polar surface area (TPSA) is 94.9 Å². The van der Waals surface area contributed by atoms with E-state index in [0.29, 0.717) is 24.5 Å². The van der Waals surface area contributed by atoms with E-state index in [1.165, 1.54) is 0 Å². The molecule has 1 fully saturated rings. The molecule has 4 rings (SSSR count). The molecule has 0 bridgehead atoms. The van der Waals surface area contributed by atoms with Crippen LogP contribution in [0.5, 0.6) is 0 Å². The van der Waals surface area contributed by atoms with Gasteiger partial charge in [-0.1, -0.05) is 6.07 Å². The van der Waals surface area contributed by atoms with Gasteiger partial charge in [0, 0.05) is 50.2 Å². The van der Waals surface area contributed by atoms with Crippen molar-refractivity contribution in [2.75, 3.05) is 13.1 Å². The standard InChI is InChI=1S/C18H21N7O/c1-12-13(9-22-25(12)17-5-3-4-7-20-17)18(26)24-10-14(15(19)11-24)16-6-8-21-23(16)2/h3-9,14-15H,10-11,19H2,1-2H3/t14-,15-/m1/s1. The summed E-state index contributed by atoms with van der Waals surface area (Å²) in [6.07, 6.45) is 5.07. The number of hydrogen-bond donors (Lipinski definition) is 1. The molecule has 8 nitrogen and oxygen atoms in total. The minimum absolute atomic E-state index is 0.0511. The van der Waals surface area contributed by atoms with Crippen molar-refractivity contribution in [1.29, 1.82) is 0 Å². The van der Waals surface area contributed by atoms with Crippen LogP contribution in [0, 0.1) is 6.92 Å². The molecule has 0 saturated carbocycles. The third kappa shape index (κ3) is 2.68. The molecule has 2 N–H and O–H groups in total. The van der Waals surface area contributed by atoms with E-state index in [0.717, 1.165) is 11.4 Å². The van der Waals surface area contributed by atoms with Crippen LogP contribution in [0.2, 0.25) is 0 Å². The van der Waals surface area contributed by atoms with Crippen molar-refractivity contribution in [3.8, 4) is 5.82 Å². The van der Waals surface area contributed by atoms with E-state index >= 15 is 0 Å². The molecule has 0 unspecified atom stereocenters. The normalized spacial score (nSPS) is 19.9. The molecule has 1 aliphatic heterocycles. The lowest BCUT2D eigenvalue weighted by Gasteiger charge is -2.16. The molecule has 0 spiro atoms. The van der Waals surface area contributed by atoms with E-state index in [2.05, 4.69) is 15.2 Å². The van der Waals surface area contributed by atoms with E-state index in [4.69, 9.17) is 5.73 Å². The zero-order valence-corrected chi connectivity index (χ0v) is 14.8. The zero-order chi connectivity index (χ0) is 18.3. The van der Waals surface area contributed by atoms with Gasteiger partial charge in [0.1, 0.15) is 0 Å². The van der Waals surface area contributed by atoms with Crippen molar-refractivity contribution in [1.82, 2.24) is 29.4 Å². The van der Waals surface area contributed by atoms with E-state index in [1.54, 1.807) is 28.2 Å². The predicted octanol–water partition coefficient (Wildman–Crippen LogP) is 0.876. The Hall–Kier alpha value is -3.00. The van der Waals surface area contributed by atoms with Crippen molar-refractivity contribution in [2.24, 2.45) is 12.8 Å². The summed E-state index contributed by atoms with van der Waals surface area (Å²) in [5.41, 5.74) is 8.71. The lowest BCUT2D eigenvalue weighted by atomic mass is 10.0. The molecule has 0 aliphatic carbocycles. The number of nitrogens with zero attached hydrogens (tertiary/aromatic N) is 6. The first-order valence-electron chi connectivity index (χ1n) is 8.55. The van der Waals surface area contributed by atoms with E-state index in [1.807, 2.05) is 42.9 Å². The Morgan fingerprint density at radius 3 is 2.73 bits per heavy atom. The summed E-state index contributed by atoms with van der Waals surface area (Å²) < 4.78 is 3.50. The van der Waals surface area contributed by atoms with Crippen LogP contribution in [-0.2, 0) is 7.05 Å². The van der Waals surface area contributed by atoms with Gasteiger partial charge in [-0.2, -0.15) is 10.2 Å². The second kappa shape index (κ2) is 6.38. The maximum absolute atomic E-state index is 13.0. The molecule has 0 aromatic carbocycles. The Morgan fingerprint density at radius 2 is 2.04 bits per heavy atom. The van der Waals surface area contributed by atoms with Gasteiger partial charge in [-0.05, 0) is 25.1 Å². The van der Waals surface area contributed by atoms with Crippen LogP contribution >= 0.6 is 0 Å². The van der Waals surface area contributed by atoms with E-state index in [9.17, 15) is 4.79 Å². The maximum atomic E-state index is 13.0. The Morgan fingerprint density at radius 1 is 1.19 bits per heavy atom. The minimum Gasteiger partial charge on any atom is -0.336 e. The predicted molar refractivity (Wildman–Crippen MR) is 95.9 cm³/mol. The summed E-state index contributed by atoms with van der Waals surface area (Å²) in [5, 5.41) is 8.55. The number of rotatable bonds is 3. The number of likely N-dealkylation sites (tertiary alicyclic amines) is 1. The highest BCUT2D eigenvalue weighted by molar-refractivity contribution is 5.95. The van der Waals surface area contributed by atoms with E-state index < -0.39 is 0 Å². The molecule has 2 atom stereocenters. The second-order valence-electron chi connectivity index (χ2n) is 6.60. The molecule has 1 aliphatic rings. The Labute approximate surface area is 151 Å². The van der Waals surface area contributed by atoms with Gasteiger partial charge in [-0.15, -0.1) is 0 Å². The van der Waals surface area contributed by atoms with Gasteiger partial charge in [0.15, 0.2) is 5.82 Å². The monoisotopic (exact) mass is 351 g/mol. The summed E-state index contributed by atoms with van der Waals surface area (Å²) >= 11 is 0. The smallest absolute Gasteiger partial charge is 0.257 e. The highest BCUT2D eigenvalue weighted by Crippen LogP contribution is 2.27. The maximum Gasteiger partial charge on any atom is 0.257 e. The van der Waals surface area contributed by atoms with Crippen molar-refractivity contribution in [3.05, 3.63) is 59.8 Å². The summed E-state index contributed by atoms with van der Waals surface area (Å²) in [7, 11) is 1.90. The van der Waals surface area contributed by atoms with Gasteiger partial charge in [0.05, 0.1) is 17.5 Å². The van der Waals surface area contributed by atoms with Crippen LogP contribution in [-0.4, -0.2) is 54.5 Å². The lowest BCUT2D eigenvalue weighted by molar-refractivity contribution is 0.0788. The minimum atomic E-state index is -0.111. The van der Waals surface area contributed by atoms with E-state index in [-0.39, 0.29) is 17.9 Å². The van der Waals surface area contributed by atoms with Crippen LogP contribution in [0.3, 0.4) is 0 Å². The van der Waals surface area contributed by atoms with Crippen molar-refractivity contribution < 1.29 is 4.79 Å². The quantitative estimate of drug-likeness (QED) is 0.756. The van der Waals surface area contributed by atoms with Crippen LogP contribution < -0.4 is 5.73 Å². The van der Waals surface area contributed by atoms with Crippen molar-refractivity contribution in [2.45, 2.75) is 18.9 Å². The second-order valence-corrected chi connectivity index (χ2v) is 6.60. The van der Waals surface area contributed by atoms with Gasteiger partial charge in [-0.25, -0.2) is 9.67 Å². The fourth-order valence-corrected chi connectivity index (χ4v) is 3.56. The molecule has 26 heavy (non-hydrogen) atoms. The third-order valence-corrected chi connectivity index (χ3v) is 5.00. The van der Waals surface area contributed by atoms with Gasteiger partial charge in [0.2, 0.25) is 0 Å². The number of aryl methyl sites for hydroxylation is 1. The van der Waals surface area contributed by atoms with Crippen molar-refractivity contribution in [3.63, 3.8) is 0 Å². The molecule has 0 radical (unpaired) electrons. The molecule has 3 aromatic rings.